The molecule has 1 aromatic carbocycles. The molecular weight excluding hydrogens is 346 g/mol. The van der Waals surface area contributed by atoms with Crippen LogP contribution in [0.25, 0.3) is 11.3 Å². The fourth-order valence-corrected chi connectivity index (χ4v) is 2.38. The highest BCUT2D eigenvalue weighted by molar-refractivity contribution is 6.17. The van der Waals surface area contributed by atoms with Crippen molar-refractivity contribution in [1.29, 1.82) is 0 Å². The van der Waals surface area contributed by atoms with Gasteiger partial charge >= 0.3 is 5.97 Å². The van der Waals surface area contributed by atoms with E-state index in [0.717, 1.165) is 5.56 Å². The molecule has 0 radical (unpaired) electrons. The Kier molecular flexibility index (Phi) is 4.76. The van der Waals surface area contributed by atoms with E-state index in [1.165, 1.54) is 12.4 Å². The number of amides is 1. The number of benzene rings is 1. The molecule has 0 atom stereocenters. The SMILES string of the molecule is O=C(Nc1onc(-c2ccncc2)c1C(=O)O)c1ccc(CCl)cc1. The number of nitrogens with one attached hydrogen (secondary N) is 1. The van der Waals surface area contributed by atoms with Crippen LogP contribution in [-0.2, 0) is 5.88 Å². The van der Waals surface area contributed by atoms with Crippen molar-refractivity contribution < 1.29 is 19.2 Å². The van der Waals surface area contributed by atoms with Gasteiger partial charge in [-0.2, -0.15) is 0 Å². The van der Waals surface area contributed by atoms with E-state index >= 15 is 0 Å². The number of aromatic carboxylic acids is 1. The summed E-state index contributed by atoms with van der Waals surface area (Å²) in [5, 5.41) is 15.7. The van der Waals surface area contributed by atoms with Gasteiger partial charge in [0.15, 0.2) is 5.56 Å². The molecule has 0 fully saturated rings. The summed E-state index contributed by atoms with van der Waals surface area (Å²) >= 11 is 5.71. The number of aromatic nitrogens is 2. The molecule has 25 heavy (non-hydrogen) atoms. The maximum absolute atomic E-state index is 12.3. The molecule has 3 rings (SSSR count). The summed E-state index contributed by atoms with van der Waals surface area (Å²) in [6, 6.07) is 9.80. The van der Waals surface area contributed by atoms with Crippen molar-refractivity contribution in [1.82, 2.24) is 10.1 Å². The van der Waals surface area contributed by atoms with Crippen molar-refractivity contribution in [3.8, 4) is 11.3 Å². The van der Waals surface area contributed by atoms with Crippen LogP contribution in [0.4, 0.5) is 5.88 Å². The number of anilines is 1. The van der Waals surface area contributed by atoms with Gasteiger partial charge in [-0.05, 0) is 29.8 Å². The van der Waals surface area contributed by atoms with Crippen molar-refractivity contribution in [2.24, 2.45) is 0 Å². The lowest BCUT2D eigenvalue weighted by Crippen LogP contribution is -2.14. The van der Waals surface area contributed by atoms with E-state index in [2.05, 4.69) is 15.5 Å². The first kappa shape index (κ1) is 16.7. The molecular formula is C17H12ClN3O4. The summed E-state index contributed by atoms with van der Waals surface area (Å²) in [4.78, 5) is 27.8. The summed E-state index contributed by atoms with van der Waals surface area (Å²) in [7, 11) is 0. The zero-order valence-electron chi connectivity index (χ0n) is 12.8. The Labute approximate surface area is 147 Å². The zero-order chi connectivity index (χ0) is 17.8. The molecule has 126 valence electrons. The van der Waals surface area contributed by atoms with E-state index in [9.17, 15) is 14.7 Å². The number of carboxylic acid groups (broad SMARTS) is 1. The molecule has 0 aliphatic rings. The largest absolute Gasteiger partial charge is 0.477 e. The second-order valence-electron chi connectivity index (χ2n) is 5.06. The predicted molar refractivity (Wildman–Crippen MR) is 90.6 cm³/mol. The molecule has 0 bridgehead atoms. The lowest BCUT2D eigenvalue weighted by Gasteiger charge is -2.04. The van der Waals surface area contributed by atoms with Gasteiger partial charge < -0.3 is 9.63 Å². The Morgan fingerprint density at radius 3 is 2.40 bits per heavy atom. The van der Waals surface area contributed by atoms with Crippen LogP contribution >= 0.6 is 11.6 Å². The van der Waals surface area contributed by atoms with Crippen LogP contribution in [0.5, 0.6) is 0 Å². The normalized spacial score (nSPS) is 10.4. The third kappa shape index (κ3) is 3.51. The first-order valence-corrected chi connectivity index (χ1v) is 7.73. The van der Waals surface area contributed by atoms with E-state index in [1.807, 2.05) is 0 Å². The molecule has 3 aromatic rings. The minimum Gasteiger partial charge on any atom is -0.477 e. The number of carbonyl (C=O) groups excluding carboxylic acids is 1. The maximum atomic E-state index is 12.3. The molecule has 1 amide bonds. The van der Waals surface area contributed by atoms with Crippen molar-refractivity contribution in [2.75, 3.05) is 5.32 Å². The molecule has 0 unspecified atom stereocenters. The van der Waals surface area contributed by atoms with Gasteiger partial charge in [-0.25, -0.2) is 4.79 Å². The summed E-state index contributed by atoms with van der Waals surface area (Å²) in [6.07, 6.45) is 3.01. The van der Waals surface area contributed by atoms with Crippen molar-refractivity contribution in [3.05, 3.63) is 65.5 Å². The molecule has 2 heterocycles. The van der Waals surface area contributed by atoms with Crippen LogP contribution in [0.3, 0.4) is 0 Å². The Hall–Kier alpha value is -3.19. The molecule has 0 saturated heterocycles. The third-order valence-corrected chi connectivity index (χ3v) is 3.77. The smallest absolute Gasteiger partial charge is 0.343 e. The molecule has 0 saturated carbocycles. The number of rotatable bonds is 5. The lowest BCUT2D eigenvalue weighted by molar-refractivity contribution is 0.0698. The second-order valence-corrected chi connectivity index (χ2v) is 5.33. The monoisotopic (exact) mass is 357 g/mol. The number of carbonyl (C=O) groups is 2. The number of hydrogen-bond donors (Lipinski definition) is 2. The standard InChI is InChI=1S/C17H12ClN3O4/c18-9-10-1-3-12(4-2-10)15(22)20-16-13(17(23)24)14(21-25-16)11-5-7-19-8-6-11/h1-8H,9H2,(H,20,22)(H,23,24). The van der Waals surface area contributed by atoms with Gasteiger partial charge in [0.2, 0.25) is 5.88 Å². The summed E-state index contributed by atoms with van der Waals surface area (Å²) in [5.74, 6) is -1.67. The Balaban J connectivity index is 1.91. The number of hydrogen-bond acceptors (Lipinski definition) is 5. The molecule has 2 N–H and O–H groups in total. The van der Waals surface area contributed by atoms with Crippen molar-refractivity contribution in [3.63, 3.8) is 0 Å². The summed E-state index contributed by atoms with van der Waals surface area (Å²) in [5.41, 5.74) is 1.61. The Bertz CT molecular complexity index is 907. The number of halogens is 1. The van der Waals surface area contributed by atoms with Gasteiger partial charge in [-0.1, -0.05) is 17.3 Å². The van der Waals surface area contributed by atoms with E-state index in [-0.39, 0.29) is 17.1 Å². The average Bonchev–Trinajstić information content (AvgIpc) is 3.06. The first-order chi connectivity index (χ1) is 12.1. The van der Waals surface area contributed by atoms with Crippen LogP contribution in [0.1, 0.15) is 26.3 Å². The van der Waals surface area contributed by atoms with Gasteiger partial charge in [0.05, 0.1) is 0 Å². The molecule has 0 spiro atoms. The number of nitrogens with zero attached hydrogens (tertiary/aromatic N) is 2. The van der Waals surface area contributed by atoms with Crippen molar-refractivity contribution >= 4 is 29.4 Å². The van der Waals surface area contributed by atoms with Crippen molar-refractivity contribution in [2.45, 2.75) is 5.88 Å². The van der Waals surface area contributed by atoms with Gasteiger partial charge in [0.1, 0.15) is 5.69 Å². The third-order valence-electron chi connectivity index (χ3n) is 3.46. The predicted octanol–water partition coefficient (Wildman–Crippen LogP) is 3.43. The van der Waals surface area contributed by atoms with Gasteiger partial charge in [-0.15, -0.1) is 11.6 Å². The minimum atomic E-state index is -1.26. The number of carboxylic acids is 1. The summed E-state index contributed by atoms with van der Waals surface area (Å²) < 4.78 is 5.04. The fraction of sp³-hybridized carbons (Fsp3) is 0.0588. The quantitative estimate of drug-likeness (QED) is 0.678. The summed E-state index contributed by atoms with van der Waals surface area (Å²) in [6.45, 7) is 0. The highest BCUT2D eigenvalue weighted by Gasteiger charge is 2.25. The Morgan fingerprint density at radius 2 is 1.80 bits per heavy atom. The highest BCUT2D eigenvalue weighted by atomic mass is 35.5. The van der Waals surface area contributed by atoms with E-state index in [1.54, 1.807) is 36.4 Å². The molecule has 8 heteroatoms. The second kappa shape index (κ2) is 7.14. The highest BCUT2D eigenvalue weighted by Crippen LogP contribution is 2.28. The van der Waals surface area contributed by atoms with Gasteiger partial charge in [0.25, 0.3) is 5.91 Å². The van der Waals surface area contributed by atoms with Crippen LogP contribution < -0.4 is 5.32 Å². The van der Waals surface area contributed by atoms with E-state index in [0.29, 0.717) is 17.0 Å². The zero-order valence-corrected chi connectivity index (χ0v) is 13.5. The van der Waals surface area contributed by atoms with Gasteiger partial charge in [-0.3, -0.25) is 15.1 Å². The van der Waals surface area contributed by atoms with Crippen LogP contribution in [0, 0.1) is 0 Å². The number of alkyl halides is 1. The maximum Gasteiger partial charge on any atom is 0.343 e. The van der Waals surface area contributed by atoms with E-state index in [4.69, 9.17) is 16.1 Å². The minimum absolute atomic E-state index is 0.114. The fourth-order valence-electron chi connectivity index (χ4n) is 2.20. The topological polar surface area (TPSA) is 105 Å². The lowest BCUT2D eigenvalue weighted by atomic mass is 10.1. The molecule has 0 aliphatic heterocycles. The molecule has 7 nitrogen and oxygen atoms in total. The van der Waals surface area contributed by atoms with E-state index < -0.39 is 11.9 Å². The average molecular weight is 358 g/mol. The molecule has 2 aromatic heterocycles. The van der Waals surface area contributed by atoms with Crippen LogP contribution in [-0.4, -0.2) is 27.1 Å². The number of pyridine rings is 1. The molecule has 0 aliphatic carbocycles. The van der Waals surface area contributed by atoms with Gasteiger partial charge in [0, 0.05) is 29.4 Å². The first-order valence-electron chi connectivity index (χ1n) is 7.19. The van der Waals surface area contributed by atoms with Crippen LogP contribution in [0.2, 0.25) is 0 Å². The Morgan fingerprint density at radius 1 is 1.12 bits per heavy atom. The van der Waals surface area contributed by atoms with Crippen LogP contribution in [0.15, 0.2) is 53.3 Å².